The number of imidazole rings is 1. The number of nitrogens with zero attached hydrogens (tertiary/aromatic N) is 2. The van der Waals surface area contributed by atoms with Crippen molar-refractivity contribution in [1.82, 2.24) is 9.55 Å². The van der Waals surface area contributed by atoms with Crippen molar-refractivity contribution in [3.05, 3.63) is 48.5 Å². The fourth-order valence-electron chi connectivity index (χ4n) is 1.18. The molecule has 0 atom stereocenters. The van der Waals surface area contributed by atoms with Crippen molar-refractivity contribution in [3.63, 3.8) is 0 Å². The highest BCUT2D eigenvalue weighted by molar-refractivity contribution is 5.36. The fraction of sp³-hybridized carbons (Fsp3) is 0.100. The van der Waals surface area contributed by atoms with Gasteiger partial charge in [-0.15, -0.1) is 0 Å². The van der Waals surface area contributed by atoms with E-state index >= 15 is 0 Å². The van der Waals surface area contributed by atoms with E-state index in [9.17, 15) is 13.2 Å². The summed E-state index contributed by atoms with van der Waals surface area (Å²) in [5, 5.41) is 0. The maximum absolute atomic E-state index is 12.4. The van der Waals surface area contributed by atoms with Crippen LogP contribution in [0.2, 0.25) is 0 Å². The van der Waals surface area contributed by atoms with Gasteiger partial charge in [-0.25, -0.2) is 4.98 Å². The summed E-state index contributed by atoms with van der Waals surface area (Å²) in [5.74, 6) is 0. The zero-order valence-electron chi connectivity index (χ0n) is 7.49. The molecule has 0 saturated carbocycles. The van der Waals surface area contributed by atoms with E-state index < -0.39 is 11.7 Å². The van der Waals surface area contributed by atoms with Gasteiger partial charge >= 0.3 is 6.18 Å². The van der Waals surface area contributed by atoms with Gasteiger partial charge in [0.1, 0.15) is 0 Å². The van der Waals surface area contributed by atoms with Gasteiger partial charge in [-0.05, 0) is 24.3 Å². The molecule has 2 nitrogen and oxygen atoms in total. The number of hydrogen-bond acceptors (Lipinski definition) is 1. The van der Waals surface area contributed by atoms with Gasteiger partial charge in [-0.3, -0.25) is 0 Å². The van der Waals surface area contributed by atoms with Gasteiger partial charge in [0.2, 0.25) is 0 Å². The van der Waals surface area contributed by atoms with Crippen LogP contribution in [0.5, 0.6) is 0 Å². The van der Waals surface area contributed by atoms with Crippen molar-refractivity contribution in [1.29, 1.82) is 0 Å². The van der Waals surface area contributed by atoms with E-state index in [4.69, 9.17) is 0 Å². The van der Waals surface area contributed by atoms with Gasteiger partial charge in [0.15, 0.2) is 0 Å². The standard InChI is InChI=1S/C10H6F3N2/c11-10(12,13)8-2-1-3-9(6-8)15-5-4-14-7-15/h2-7H. The van der Waals surface area contributed by atoms with E-state index in [-0.39, 0.29) is 0 Å². The Balaban J connectivity index is 2.44. The molecular formula is C10H6F3N2. The second-order valence-electron chi connectivity index (χ2n) is 2.95. The Labute approximate surface area is 84.0 Å². The molecule has 0 saturated heterocycles. The minimum Gasteiger partial charge on any atom is -0.306 e. The van der Waals surface area contributed by atoms with Gasteiger partial charge in [-0.1, -0.05) is 0 Å². The Hall–Kier alpha value is -1.78. The molecule has 2 aromatic rings. The lowest BCUT2D eigenvalue weighted by Crippen LogP contribution is -2.05. The van der Waals surface area contributed by atoms with E-state index in [1.54, 1.807) is 6.20 Å². The van der Waals surface area contributed by atoms with E-state index in [0.717, 1.165) is 12.1 Å². The van der Waals surface area contributed by atoms with Crippen LogP contribution in [0.25, 0.3) is 5.69 Å². The van der Waals surface area contributed by atoms with Crippen LogP contribution in [0.4, 0.5) is 13.2 Å². The Morgan fingerprint density at radius 1 is 1.27 bits per heavy atom. The molecule has 5 heteroatoms. The number of rotatable bonds is 1. The summed E-state index contributed by atoms with van der Waals surface area (Å²) >= 11 is 0. The molecule has 77 valence electrons. The minimum atomic E-state index is -4.34. The predicted octanol–water partition coefficient (Wildman–Crippen LogP) is 2.69. The summed E-state index contributed by atoms with van der Waals surface area (Å²) < 4.78 is 38.6. The first kappa shape index (κ1) is 9.76. The number of aromatic nitrogens is 2. The first-order valence-corrected chi connectivity index (χ1v) is 4.14. The van der Waals surface area contributed by atoms with Crippen LogP contribution in [0.3, 0.4) is 0 Å². The largest absolute Gasteiger partial charge is 0.416 e. The molecular weight excluding hydrogens is 205 g/mol. The molecule has 0 amide bonds. The van der Waals surface area contributed by atoms with Crippen molar-refractivity contribution in [2.24, 2.45) is 0 Å². The van der Waals surface area contributed by atoms with Crippen LogP contribution < -0.4 is 0 Å². The highest BCUT2D eigenvalue weighted by atomic mass is 19.4. The topological polar surface area (TPSA) is 17.8 Å². The van der Waals surface area contributed by atoms with Crippen LogP contribution in [0.15, 0.2) is 36.9 Å². The lowest BCUT2D eigenvalue weighted by Gasteiger charge is -2.08. The van der Waals surface area contributed by atoms with Gasteiger partial charge in [0.25, 0.3) is 0 Å². The molecule has 1 aromatic carbocycles. The number of alkyl halides is 3. The summed E-state index contributed by atoms with van der Waals surface area (Å²) in [6.45, 7) is 0. The van der Waals surface area contributed by atoms with E-state index in [2.05, 4.69) is 11.1 Å². The van der Waals surface area contributed by atoms with Gasteiger partial charge in [0.05, 0.1) is 11.9 Å². The first-order chi connectivity index (χ1) is 7.07. The predicted molar refractivity (Wildman–Crippen MR) is 47.4 cm³/mol. The molecule has 0 unspecified atom stereocenters. The SMILES string of the molecule is FC(F)(F)c1c[c]cc(-n2ccnc2)c1. The van der Waals surface area contributed by atoms with Crippen LogP contribution in [-0.2, 0) is 6.18 Å². The molecule has 0 spiro atoms. The minimum absolute atomic E-state index is 0.391. The summed E-state index contributed by atoms with van der Waals surface area (Å²) in [5.41, 5.74) is -0.323. The second-order valence-corrected chi connectivity index (χ2v) is 2.95. The maximum Gasteiger partial charge on any atom is 0.416 e. The normalized spacial score (nSPS) is 11.7. The highest BCUT2D eigenvalue weighted by Crippen LogP contribution is 2.29. The third-order valence-electron chi connectivity index (χ3n) is 1.90. The molecule has 15 heavy (non-hydrogen) atoms. The van der Waals surface area contributed by atoms with Crippen molar-refractivity contribution in [3.8, 4) is 5.69 Å². The monoisotopic (exact) mass is 211 g/mol. The number of halogens is 3. The van der Waals surface area contributed by atoms with Crippen LogP contribution in [0, 0.1) is 6.07 Å². The molecule has 0 bridgehead atoms. The van der Waals surface area contributed by atoms with E-state index in [1.807, 2.05) is 0 Å². The Bertz CT molecular complexity index is 446. The van der Waals surface area contributed by atoms with Gasteiger partial charge < -0.3 is 4.57 Å². The summed E-state index contributed by atoms with van der Waals surface area (Å²) in [6, 6.07) is 5.90. The van der Waals surface area contributed by atoms with Crippen molar-refractivity contribution in [2.45, 2.75) is 6.18 Å². The summed E-state index contributed by atoms with van der Waals surface area (Å²) in [4.78, 5) is 3.76. The number of benzene rings is 1. The summed E-state index contributed by atoms with van der Waals surface area (Å²) in [7, 11) is 0. The van der Waals surface area contributed by atoms with E-state index in [1.165, 1.54) is 23.2 Å². The smallest absolute Gasteiger partial charge is 0.306 e. The molecule has 1 aromatic heterocycles. The van der Waals surface area contributed by atoms with Crippen molar-refractivity contribution < 1.29 is 13.2 Å². The van der Waals surface area contributed by atoms with Crippen molar-refractivity contribution >= 4 is 0 Å². The molecule has 1 heterocycles. The lowest BCUT2D eigenvalue weighted by atomic mass is 10.2. The molecule has 2 rings (SSSR count). The Morgan fingerprint density at radius 2 is 2.07 bits per heavy atom. The molecule has 0 fully saturated rings. The van der Waals surface area contributed by atoms with E-state index in [0.29, 0.717) is 5.69 Å². The molecule has 0 aliphatic rings. The molecule has 1 radical (unpaired) electrons. The molecule has 0 N–H and O–H groups in total. The average Bonchev–Trinajstić information content (AvgIpc) is 2.69. The third kappa shape index (κ3) is 2.01. The summed E-state index contributed by atoms with van der Waals surface area (Å²) in [6.07, 6.45) is 0.167. The second kappa shape index (κ2) is 3.42. The Morgan fingerprint density at radius 3 is 2.67 bits per heavy atom. The fourth-order valence-corrected chi connectivity index (χ4v) is 1.18. The zero-order chi connectivity index (χ0) is 10.9. The Kier molecular flexibility index (Phi) is 2.22. The number of hydrogen-bond donors (Lipinski definition) is 0. The quantitative estimate of drug-likeness (QED) is 0.709. The first-order valence-electron chi connectivity index (χ1n) is 4.14. The maximum atomic E-state index is 12.4. The average molecular weight is 211 g/mol. The molecule has 0 aliphatic carbocycles. The van der Waals surface area contributed by atoms with Crippen LogP contribution >= 0.6 is 0 Å². The van der Waals surface area contributed by atoms with Gasteiger partial charge in [-0.2, -0.15) is 13.2 Å². The van der Waals surface area contributed by atoms with Crippen LogP contribution in [0.1, 0.15) is 5.56 Å². The van der Waals surface area contributed by atoms with Gasteiger partial charge in [0, 0.05) is 18.1 Å². The molecule has 0 aliphatic heterocycles. The highest BCUT2D eigenvalue weighted by Gasteiger charge is 2.30. The van der Waals surface area contributed by atoms with Crippen molar-refractivity contribution in [2.75, 3.05) is 0 Å². The third-order valence-corrected chi connectivity index (χ3v) is 1.90. The van der Waals surface area contributed by atoms with Crippen LogP contribution in [-0.4, -0.2) is 9.55 Å². The zero-order valence-corrected chi connectivity index (χ0v) is 7.49. The lowest BCUT2D eigenvalue weighted by molar-refractivity contribution is -0.137.